The average molecular weight is 329 g/mol. The van der Waals surface area contributed by atoms with Crippen LogP contribution in [0.2, 0.25) is 0 Å². The monoisotopic (exact) mass is 329 g/mol. The van der Waals surface area contributed by atoms with Crippen LogP contribution in [0, 0.1) is 0 Å². The maximum atomic E-state index is 11.9. The van der Waals surface area contributed by atoms with Crippen LogP contribution < -0.4 is 5.32 Å². The first-order valence-electron chi connectivity index (χ1n) is 8.38. The molecule has 1 atom stereocenters. The number of benzene rings is 2. The molecule has 2 heterocycles. The number of amides is 1. The second-order valence-corrected chi connectivity index (χ2v) is 6.19. The molecule has 3 aromatic rings. The summed E-state index contributed by atoms with van der Waals surface area (Å²) in [6.07, 6.45) is 1.59. The highest BCUT2D eigenvalue weighted by atomic mass is 16.2. The van der Waals surface area contributed by atoms with Gasteiger partial charge in [0.1, 0.15) is 6.17 Å². The first kappa shape index (κ1) is 15.5. The second kappa shape index (κ2) is 6.87. The first-order valence-corrected chi connectivity index (χ1v) is 8.38. The lowest BCUT2D eigenvalue weighted by molar-refractivity contribution is -0.118. The van der Waals surface area contributed by atoms with Crippen molar-refractivity contribution < 1.29 is 4.79 Å². The van der Waals surface area contributed by atoms with Crippen LogP contribution in [0.25, 0.3) is 11.1 Å². The van der Waals surface area contributed by atoms with Gasteiger partial charge in [0.05, 0.1) is 12.2 Å². The molecule has 1 unspecified atom stereocenters. The Morgan fingerprint density at radius 3 is 2.36 bits per heavy atom. The Bertz CT molecular complexity index is 847. The van der Waals surface area contributed by atoms with Gasteiger partial charge in [-0.2, -0.15) is 0 Å². The van der Waals surface area contributed by atoms with Gasteiger partial charge in [-0.05, 0) is 28.8 Å². The van der Waals surface area contributed by atoms with Gasteiger partial charge < -0.3 is 5.32 Å². The fourth-order valence-corrected chi connectivity index (χ4v) is 3.18. The molecule has 4 heteroatoms. The maximum absolute atomic E-state index is 11.9. The predicted octanol–water partition coefficient (Wildman–Crippen LogP) is 3.38. The summed E-state index contributed by atoms with van der Waals surface area (Å²) in [6.45, 7) is 1.09. The molecule has 0 spiro atoms. The summed E-state index contributed by atoms with van der Waals surface area (Å²) in [5, 5.41) is 3.00. The molecular weight excluding hydrogens is 310 g/mol. The lowest BCUT2D eigenvalue weighted by atomic mass is 10.0. The number of hydrogen-bond donors (Lipinski definition) is 1. The van der Waals surface area contributed by atoms with Gasteiger partial charge in [-0.25, -0.2) is 0 Å². The van der Waals surface area contributed by atoms with Crippen molar-refractivity contribution in [3.05, 3.63) is 90.3 Å². The van der Waals surface area contributed by atoms with Crippen molar-refractivity contribution in [3.63, 3.8) is 0 Å². The van der Waals surface area contributed by atoms with E-state index in [1.54, 1.807) is 6.20 Å². The molecule has 2 aromatic carbocycles. The van der Waals surface area contributed by atoms with Gasteiger partial charge in [0, 0.05) is 12.7 Å². The van der Waals surface area contributed by atoms with Crippen LogP contribution in [0.3, 0.4) is 0 Å². The minimum Gasteiger partial charge on any atom is -0.334 e. The SMILES string of the molecule is O=C1CN(Cc2ccc(-c3ccccc3)cc2)C(c2ccccn2)N1. The molecule has 4 nitrogen and oxygen atoms in total. The van der Waals surface area contributed by atoms with Crippen LogP contribution in [0.15, 0.2) is 79.0 Å². The number of pyridine rings is 1. The van der Waals surface area contributed by atoms with Crippen molar-refractivity contribution in [1.29, 1.82) is 0 Å². The Morgan fingerprint density at radius 2 is 1.64 bits per heavy atom. The topological polar surface area (TPSA) is 45.2 Å². The number of nitrogens with one attached hydrogen (secondary N) is 1. The van der Waals surface area contributed by atoms with Crippen molar-refractivity contribution in [2.24, 2.45) is 0 Å². The van der Waals surface area contributed by atoms with Crippen LogP contribution in [0.1, 0.15) is 17.4 Å². The highest BCUT2D eigenvalue weighted by Crippen LogP contribution is 2.24. The fourth-order valence-electron chi connectivity index (χ4n) is 3.18. The number of rotatable bonds is 4. The quantitative estimate of drug-likeness (QED) is 0.798. The van der Waals surface area contributed by atoms with E-state index in [0.29, 0.717) is 13.1 Å². The molecular formula is C21H19N3O. The standard InChI is InChI=1S/C21H19N3O/c25-20-15-24(21(23-20)19-8-4-5-13-22-19)14-16-9-11-18(12-10-16)17-6-2-1-3-7-17/h1-13,21H,14-15H2,(H,23,25). The Labute approximate surface area is 147 Å². The second-order valence-electron chi connectivity index (χ2n) is 6.19. The van der Waals surface area contributed by atoms with E-state index in [4.69, 9.17) is 0 Å². The van der Waals surface area contributed by atoms with Gasteiger partial charge in [-0.15, -0.1) is 0 Å². The summed E-state index contributed by atoms with van der Waals surface area (Å²) in [7, 11) is 0. The van der Waals surface area contributed by atoms with E-state index in [-0.39, 0.29) is 12.1 Å². The summed E-state index contributed by atoms with van der Waals surface area (Å²) < 4.78 is 0. The molecule has 0 aliphatic carbocycles. The maximum Gasteiger partial charge on any atom is 0.235 e. The molecule has 0 bridgehead atoms. The molecule has 0 saturated carbocycles. The third-order valence-corrected chi connectivity index (χ3v) is 4.42. The first-order chi connectivity index (χ1) is 12.3. The van der Waals surface area contributed by atoms with Crippen LogP contribution in [0.5, 0.6) is 0 Å². The van der Waals surface area contributed by atoms with E-state index >= 15 is 0 Å². The molecule has 1 saturated heterocycles. The third kappa shape index (κ3) is 3.44. The van der Waals surface area contributed by atoms with Crippen molar-refractivity contribution in [3.8, 4) is 11.1 Å². The largest absolute Gasteiger partial charge is 0.334 e. The highest BCUT2D eigenvalue weighted by Gasteiger charge is 2.31. The summed E-state index contributed by atoms with van der Waals surface area (Å²) in [5.74, 6) is 0.0385. The summed E-state index contributed by atoms with van der Waals surface area (Å²) >= 11 is 0. The van der Waals surface area contributed by atoms with Gasteiger partial charge in [0.2, 0.25) is 5.91 Å². The minimum atomic E-state index is -0.164. The van der Waals surface area contributed by atoms with Crippen LogP contribution in [-0.4, -0.2) is 22.3 Å². The fraction of sp³-hybridized carbons (Fsp3) is 0.143. The zero-order valence-electron chi connectivity index (χ0n) is 13.8. The van der Waals surface area contributed by atoms with Gasteiger partial charge in [-0.3, -0.25) is 14.7 Å². The summed E-state index contributed by atoms with van der Waals surface area (Å²) in [5.41, 5.74) is 4.45. The van der Waals surface area contributed by atoms with Gasteiger partial charge in [0.15, 0.2) is 0 Å². The van der Waals surface area contributed by atoms with Crippen LogP contribution in [0.4, 0.5) is 0 Å². The van der Waals surface area contributed by atoms with Crippen molar-refractivity contribution >= 4 is 5.91 Å². The van der Waals surface area contributed by atoms with E-state index < -0.39 is 0 Å². The van der Waals surface area contributed by atoms with Gasteiger partial charge >= 0.3 is 0 Å². The molecule has 0 radical (unpaired) electrons. The van der Waals surface area contributed by atoms with Crippen molar-refractivity contribution in [2.75, 3.05) is 6.54 Å². The smallest absolute Gasteiger partial charge is 0.235 e. The summed E-state index contributed by atoms with van der Waals surface area (Å²) in [6, 6.07) is 24.6. The van der Waals surface area contributed by atoms with E-state index in [1.807, 2.05) is 36.4 Å². The van der Waals surface area contributed by atoms with E-state index in [9.17, 15) is 4.79 Å². The molecule has 124 valence electrons. The lowest BCUT2D eigenvalue weighted by Gasteiger charge is -2.22. The number of carbonyl (C=O) groups is 1. The zero-order chi connectivity index (χ0) is 17.1. The van der Waals surface area contributed by atoms with E-state index in [1.165, 1.54) is 16.7 Å². The Hall–Kier alpha value is -2.98. The summed E-state index contributed by atoms with van der Waals surface area (Å²) in [4.78, 5) is 18.4. The average Bonchev–Trinajstić information content (AvgIpc) is 3.04. The third-order valence-electron chi connectivity index (χ3n) is 4.42. The Morgan fingerprint density at radius 1 is 0.920 bits per heavy atom. The van der Waals surface area contributed by atoms with E-state index in [2.05, 4.69) is 51.6 Å². The number of carbonyl (C=O) groups excluding carboxylic acids is 1. The van der Waals surface area contributed by atoms with Crippen molar-refractivity contribution in [2.45, 2.75) is 12.7 Å². The van der Waals surface area contributed by atoms with Crippen LogP contribution >= 0.6 is 0 Å². The number of nitrogens with zero attached hydrogens (tertiary/aromatic N) is 2. The zero-order valence-corrected chi connectivity index (χ0v) is 13.8. The Balaban J connectivity index is 1.52. The van der Waals surface area contributed by atoms with Crippen molar-refractivity contribution in [1.82, 2.24) is 15.2 Å². The van der Waals surface area contributed by atoms with Crippen LogP contribution in [-0.2, 0) is 11.3 Å². The molecule has 1 fully saturated rings. The number of hydrogen-bond acceptors (Lipinski definition) is 3. The minimum absolute atomic E-state index is 0.0385. The molecule has 25 heavy (non-hydrogen) atoms. The normalized spacial score (nSPS) is 17.4. The molecule has 1 aromatic heterocycles. The Kier molecular flexibility index (Phi) is 4.27. The molecule has 1 aliphatic rings. The molecule has 1 amide bonds. The molecule has 1 N–H and O–H groups in total. The van der Waals surface area contributed by atoms with Gasteiger partial charge in [-0.1, -0.05) is 60.7 Å². The molecule has 4 rings (SSSR count). The van der Waals surface area contributed by atoms with E-state index in [0.717, 1.165) is 5.69 Å². The lowest BCUT2D eigenvalue weighted by Crippen LogP contribution is -2.28. The van der Waals surface area contributed by atoms with Gasteiger partial charge in [0.25, 0.3) is 0 Å². The highest BCUT2D eigenvalue weighted by molar-refractivity contribution is 5.80. The number of aromatic nitrogens is 1. The molecule has 1 aliphatic heterocycles. The predicted molar refractivity (Wildman–Crippen MR) is 97.4 cm³/mol.